The summed E-state index contributed by atoms with van der Waals surface area (Å²) in [4.78, 5) is 117. The maximum Gasteiger partial charge on any atom is 0.338 e. The zero-order valence-corrected chi connectivity index (χ0v) is 26.2. The quantitative estimate of drug-likeness (QED) is 0.119. The highest BCUT2D eigenvalue weighted by atomic mass is 16.3. The van der Waals surface area contributed by atoms with Crippen molar-refractivity contribution in [3.8, 4) is 49.4 Å². The number of aromatic nitrogens is 9. The van der Waals surface area contributed by atoms with Gasteiger partial charge in [-0.1, -0.05) is 29.8 Å². The van der Waals surface area contributed by atoms with Crippen LogP contribution in [0, 0.1) is 49.4 Å². The molecule has 0 aliphatic carbocycles. The van der Waals surface area contributed by atoms with E-state index in [1.807, 2.05) is 0 Å². The molecule has 3 heterocycles. The largest absolute Gasteiger partial charge is 0.389 e. The van der Waals surface area contributed by atoms with Gasteiger partial charge >= 0.3 is 51.2 Å². The minimum Gasteiger partial charge on any atom is -0.389 e. The number of hydrogen-bond acceptors (Lipinski definition) is 11. The summed E-state index contributed by atoms with van der Waals surface area (Å²) in [6, 6.07) is 0. The van der Waals surface area contributed by atoms with Gasteiger partial charge < -0.3 is 10.2 Å². The van der Waals surface area contributed by atoms with Gasteiger partial charge in [0.2, 0.25) is 0 Å². The Morgan fingerprint density at radius 3 is 0.860 bits per heavy atom. The third kappa shape index (κ3) is 7.17. The molecule has 3 rings (SSSR count). The van der Waals surface area contributed by atoms with Crippen molar-refractivity contribution in [2.24, 2.45) is 0 Å². The number of aliphatic hydroxyl groups is 2. The molecule has 20 heteroatoms. The van der Waals surface area contributed by atoms with E-state index in [2.05, 4.69) is 30.3 Å². The van der Waals surface area contributed by atoms with E-state index in [9.17, 15) is 53.4 Å². The molecule has 0 amide bonds. The van der Waals surface area contributed by atoms with Crippen LogP contribution in [0.4, 0.5) is 0 Å². The zero-order chi connectivity index (χ0) is 37.4. The molecule has 20 nitrogen and oxygen atoms in total. The predicted molar refractivity (Wildman–Crippen MR) is 175 cm³/mol. The monoisotopic (exact) mass is 691 g/mol. The van der Waals surface area contributed by atoms with E-state index in [1.165, 1.54) is 0 Å². The molecule has 0 radical (unpaired) electrons. The molecule has 0 bridgehead atoms. The Morgan fingerprint density at radius 1 is 0.440 bits per heavy atom. The lowest BCUT2D eigenvalue weighted by Crippen LogP contribution is -2.58. The van der Waals surface area contributed by atoms with Crippen molar-refractivity contribution in [3.63, 3.8) is 0 Å². The Bertz CT molecular complexity index is 2290. The molecule has 0 aromatic carbocycles. The smallest absolute Gasteiger partial charge is 0.338 e. The highest BCUT2D eigenvalue weighted by Crippen LogP contribution is 1.93. The SMILES string of the molecule is C#CCn1c(=O)n(CC#C)c(=O)n(CC(O)Cn2c(=O)n(CC=C)c(=O)n(CC(O)Cn3c(=O)n(CC#C)c(=O)n(CC#C)c3=O)c2=O)c1=O. The van der Waals surface area contributed by atoms with Crippen LogP contribution in [0.2, 0.25) is 0 Å². The molecule has 2 N–H and O–H groups in total. The van der Waals surface area contributed by atoms with E-state index >= 15 is 0 Å². The molecular weight excluding hydrogens is 662 g/mol. The van der Waals surface area contributed by atoms with Crippen LogP contribution in [0.5, 0.6) is 0 Å². The molecule has 3 aromatic rings. The predicted octanol–water partition coefficient (Wildman–Crippen LogP) is -7.02. The van der Waals surface area contributed by atoms with Gasteiger partial charge in [0.1, 0.15) is 0 Å². The van der Waals surface area contributed by atoms with Crippen molar-refractivity contribution in [1.82, 2.24) is 41.1 Å². The first-order valence-electron chi connectivity index (χ1n) is 14.2. The van der Waals surface area contributed by atoms with Gasteiger partial charge in [-0.15, -0.1) is 32.3 Å². The molecule has 260 valence electrons. The summed E-state index contributed by atoms with van der Waals surface area (Å²) in [5.74, 6) is 8.31. The third-order valence-electron chi connectivity index (χ3n) is 7.04. The van der Waals surface area contributed by atoms with Crippen molar-refractivity contribution < 1.29 is 10.2 Å². The summed E-state index contributed by atoms with van der Waals surface area (Å²) >= 11 is 0. The Hall–Kier alpha value is -6.87. The minimum atomic E-state index is -1.87. The number of terminal acetylenes is 4. The van der Waals surface area contributed by atoms with Gasteiger partial charge in [0, 0.05) is 0 Å². The number of aliphatic hydroxyl groups excluding tert-OH is 2. The van der Waals surface area contributed by atoms with Gasteiger partial charge in [-0.2, -0.15) is 0 Å². The number of rotatable bonds is 14. The molecule has 0 aliphatic heterocycles. The van der Waals surface area contributed by atoms with E-state index in [0.717, 1.165) is 6.08 Å². The summed E-state index contributed by atoms with van der Waals surface area (Å²) in [6.45, 7) is -2.92. The average molecular weight is 692 g/mol. The number of nitrogens with zero attached hydrogens (tertiary/aromatic N) is 9. The van der Waals surface area contributed by atoms with Crippen LogP contribution >= 0.6 is 0 Å². The fourth-order valence-corrected chi connectivity index (χ4v) is 4.82. The van der Waals surface area contributed by atoms with E-state index in [-0.39, 0.29) is 0 Å². The Balaban J connectivity index is 2.11. The van der Waals surface area contributed by atoms with E-state index < -0.39 is 122 Å². The van der Waals surface area contributed by atoms with Crippen molar-refractivity contribution in [3.05, 3.63) is 107 Å². The van der Waals surface area contributed by atoms with Crippen LogP contribution in [0.3, 0.4) is 0 Å². The second kappa shape index (κ2) is 15.8. The minimum absolute atomic E-state index is 0.365. The molecule has 0 aliphatic rings. The molecule has 0 spiro atoms. The molecule has 0 fully saturated rings. The normalized spacial score (nSPS) is 11.9. The zero-order valence-electron chi connectivity index (χ0n) is 26.2. The highest BCUT2D eigenvalue weighted by Gasteiger charge is 2.23. The average Bonchev–Trinajstić information content (AvgIpc) is 3.08. The molecule has 2 unspecified atom stereocenters. The van der Waals surface area contributed by atoms with Crippen LogP contribution < -0.4 is 51.2 Å². The Labute approximate surface area is 278 Å². The topological polar surface area (TPSA) is 238 Å². The van der Waals surface area contributed by atoms with Gasteiger partial charge in [-0.05, 0) is 0 Å². The second-order valence-electron chi connectivity index (χ2n) is 10.4. The van der Waals surface area contributed by atoms with Gasteiger partial charge in [0.15, 0.2) is 0 Å². The Kier molecular flexibility index (Phi) is 11.9. The van der Waals surface area contributed by atoms with Crippen molar-refractivity contribution >= 4 is 0 Å². The van der Waals surface area contributed by atoms with Gasteiger partial charge in [0.05, 0.1) is 71.1 Å². The van der Waals surface area contributed by atoms with E-state index in [0.29, 0.717) is 41.1 Å². The molecule has 50 heavy (non-hydrogen) atoms. The molecule has 0 saturated carbocycles. The fraction of sp³-hybridized carbons (Fsp3) is 0.367. The van der Waals surface area contributed by atoms with E-state index in [1.54, 1.807) is 0 Å². The molecule has 0 saturated heterocycles. The molecular formula is C30H29N9O11. The van der Waals surface area contributed by atoms with Crippen LogP contribution in [0.1, 0.15) is 0 Å². The maximum atomic E-state index is 13.5. The van der Waals surface area contributed by atoms with Crippen molar-refractivity contribution in [2.75, 3.05) is 0 Å². The first-order valence-corrected chi connectivity index (χ1v) is 14.2. The van der Waals surface area contributed by atoms with E-state index in [4.69, 9.17) is 25.7 Å². The lowest BCUT2D eigenvalue weighted by atomic mass is 10.3. The van der Waals surface area contributed by atoms with Gasteiger partial charge in [-0.25, -0.2) is 84.3 Å². The van der Waals surface area contributed by atoms with Crippen molar-refractivity contribution in [2.45, 2.75) is 71.1 Å². The van der Waals surface area contributed by atoms with Crippen LogP contribution in [-0.4, -0.2) is 63.5 Å². The summed E-state index contributed by atoms with van der Waals surface area (Å²) in [5.41, 5.74) is -11.0. The summed E-state index contributed by atoms with van der Waals surface area (Å²) in [6.07, 6.45) is 18.3. The first-order chi connectivity index (χ1) is 23.7. The molecule has 3 aromatic heterocycles. The highest BCUT2D eigenvalue weighted by molar-refractivity contribution is 4.94. The number of allylic oxidation sites excluding steroid dienone is 1. The molecule has 2 atom stereocenters. The Morgan fingerprint density at radius 2 is 0.640 bits per heavy atom. The fourth-order valence-electron chi connectivity index (χ4n) is 4.82. The van der Waals surface area contributed by atoms with Crippen LogP contribution in [0.15, 0.2) is 55.8 Å². The van der Waals surface area contributed by atoms with Gasteiger partial charge in [0.25, 0.3) is 0 Å². The van der Waals surface area contributed by atoms with Crippen LogP contribution in [0.25, 0.3) is 0 Å². The summed E-state index contributed by atoms with van der Waals surface area (Å²) < 4.78 is 4.07. The van der Waals surface area contributed by atoms with Crippen LogP contribution in [-0.2, 0) is 58.9 Å². The maximum absolute atomic E-state index is 13.5. The standard InChI is InChI=1S/C30H29N9O11/c1-6-11-31-22(42)32(12-7-2)25(45)36(24(31)44)16-20(40)18-38-28(48)35(15-10-5)29(49)39(30(38)50)19-21(41)17-37-26(46)33(13-8-3)23(43)34(14-9-4)27(37)47/h1-4,10,20-21,40-41H,5,11-19H2. The number of hydrogen-bond donors (Lipinski definition) is 2. The second-order valence-corrected chi connectivity index (χ2v) is 10.4. The van der Waals surface area contributed by atoms with Gasteiger partial charge in [-0.3, -0.25) is 0 Å². The third-order valence-corrected chi connectivity index (χ3v) is 7.04. The lowest BCUT2D eigenvalue weighted by molar-refractivity contribution is 0.115. The first kappa shape index (κ1) is 37.6. The summed E-state index contributed by atoms with van der Waals surface area (Å²) in [7, 11) is 0. The van der Waals surface area contributed by atoms with Crippen molar-refractivity contribution in [1.29, 1.82) is 0 Å². The lowest BCUT2D eigenvalue weighted by Gasteiger charge is -2.19. The summed E-state index contributed by atoms with van der Waals surface area (Å²) in [5, 5.41) is 21.7.